The Bertz CT molecular complexity index is 632. The molecule has 0 saturated heterocycles. The van der Waals surface area contributed by atoms with Crippen LogP contribution >= 0.6 is 0 Å². The van der Waals surface area contributed by atoms with E-state index in [1.807, 2.05) is 6.92 Å². The maximum Gasteiger partial charge on any atom is 0.136 e. The van der Waals surface area contributed by atoms with E-state index in [4.69, 9.17) is 0 Å². The van der Waals surface area contributed by atoms with Crippen molar-refractivity contribution in [3.8, 4) is 0 Å². The fourth-order valence-electron chi connectivity index (χ4n) is 9.16. The zero-order chi connectivity index (χ0) is 21.7. The summed E-state index contributed by atoms with van der Waals surface area (Å²) in [6, 6.07) is 0. The monoisotopic (exact) mass is 418 g/mol. The van der Waals surface area contributed by atoms with Gasteiger partial charge in [0.15, 0.2) is 0 Å². The molecule has 30 heavy (non-hydrogen) atoms. The first-order valence-corrected chi connectivity index (χ1v) is 13.0. The molecule has 4 fully saturated rings. The Labute approximate surface area is 184 Å². The topological polar surface area (TPSA) is 57.5 Å². The summed E-state index contributed by atoms with van der Waals surface area (Å²) < 4.78 is 0. The van der Waals surface area contributed by atoms with Crippen molar-refractivity contribution in [3.63, 3.8) is 0 Å². The molecule has 0 spiro atoms. The minimum Gasteiger partial charge on any atom is -0.396 e. The van der Waals surface area contributed by atoms with Crippen molar-refractivity contribution in [1.82, 2.24) is 0 Å². The van der Waals surface area contributed by atoms with Gasteiger partial charge in [-0.2, -0.15) is 0 Å². The van der Waals surface area contributed by atoms with E-state index in [2.05, 4.69) is 20.8 Å². The predicted molar refractivity (Wildman–Crippen MR) is 121 cm³/mol. The van der Waals surface area contributed by atoms with Crippen molar-refractivity contribution in [3.05, 3.63) is 0 Å². The van der Waals surface area contributed by atoms with Gasteiger partial charge in [0.25, 0.3) is 0 Å². The Hall–Kier alpha value is -0.410. The highest BCUT2D eigenvalue weighted by Gasteiger charge is 2.62. The number of aliphatic hydroxyl groups excluding tert-OH is 2. The molecule has 3 heteroatoms. The van der Waals surface area contributed by atoms with Crippen LogP contribution in [0, 0.1) is 52.3 Å². The molecule has 0 bridgehead atoms. The van der Waals surface area contributed by atoms with Crippen molar-refractivity contribution < 1.29 is 15.0 Å². The molecule has 0 aromatic heterocycles. The zero-order valence-corrected chi connectivity index (χ0v) is 19.9. The van der Waals surface area contributed by atoms with Crippen LogP contribution in [0.1, 0.15) is 98.3 Å². The maximum atomic E-state index is 13.0. The number of hydrogen-bond donors (Lipinski definition) is 2. The van der Waals surface area contributed by atoms with Crippen molar-refractivity contribution in [2.24, 2.45) is 52.3 Å². The summed E-state index contributed by atoms with van der Waals surface area (Å²) in [4.78, 5) is 13.0. The average molecular weight is 419 g/mol. The van der Waals surface area contributed by atoms with Gasteiger partial charge in [-0.3, -0.25) is 4.79 Å². The highest BCUT2D eigenvalue weighted by Crippen LogP contribution is 2.68. The largest absolute Gasteiger partial charge is 0.396 e. The summed E-state index contributed by atoms with van der Waals surface area (Å²) in [7, 11) is 0. The lowest BCUT2D eigenvalue weighted by Crippen LogP contribution is -2.53. The van der Waals surface area contributed by atoms with Gasteiger partial charge < -0.3 is 10.2 Å². The van der Waals surface area contributed by atoms with Crippen LogP contribution in [0.15, 0.2) is 0 Å². The van der Waals surface area contributed by atoms with Crippen molar-refractivity contribution >= 4 is 5.78 Å². The molecule has 0 aromatic rings. The number of rotatable bonds is 6. The van der Waals surface area contributed by atoms with E-state index >= 15 is 0 Å². The Morgan fingerprint density at radius 2 is 1.77 bits per heavy atom. The maximum absolute atomic E-state index is 13.0. The zero-order valence-electron chi connectivity index (χ0n) is 19.9. The standard InChI is InChI=1S/C27H46O3/c1-17(16-28)8-11-23(29)18(2)25-24(30)15-22-20-10-9-19-7-5-6-13-26(19,3)21(20)12-14-27(22,25)4/h17-22,24-25,28,30H,5-16H2,1-4H3/t17?,18-,19?,20-,21+,22+,24+,25+,26+,27+/m1/s1. The summed E-state index contributed by atoms with van der Waals surface area (Å²) in [6.07, 6.45) is 12.8. The molecule has 0 aromatic carbocycles. The molecule has 172 valence electrons. The summed E-state index contributed by atoms with van der Waals surface area (Å²) in [6.45, 7) is 9.26. The summed E-state index contributed by atoms with van der Waals surface area (Å²) in [5.41, 5.74) is 0.628. The van der Waals surface area contributed by atoms with Gasteiger partial charge in [0, 0.05) is 18.9 Å². The van der Waals surface area contributed by atoms with E-state index in [-0.39, 0.29) is 35.9 Å². The molecule has 4 aliphatic rings. The van der Waals surface area contributed by atoms with Crippen LogP contribution in [0.25, 0.3) is 0 Å². The second-order valence-electron chi connectivity index (χ2n) is 12.4. The quantitative estimate of drug-likeness (QED) is 0.588. The molecule has 4 aliphatic carbocycles. The number of Topliss-reactive ketones (excluding diaryl/α,β-unsaturated/α-hetero) is 1. The second-order valence-corrected chi connectivity index (χ2v) is 12.4. The van der Waals surface area contributed by atoms with Crippen LogP contribution in [0.5, 0.6) is 0 Å². The van der Waals surface area contributed by atoms with Crippen molar-refractivity contribution in [2.45, 2.75) is 104 Å². The number of carbonyl (C=O) groups excluding carboxylic acids is 1. The lowest BCUT2D eigenvalue weighted by atomic mass is 9.44. The average Bonchev–Trinajstić information content (AvgIpc) is 3.00. The van der Waals surface area contributed by atoms with Gasteiger partial charge in [-0.05, 0) is 97.7 Å². The Morgan fingerprint density at radius 1 is 1.00 bits per heavy atom. The van der Waals surface area contributed by atoms with Crippen LogP contribution in [-0.4, -0.2) is 28.7 Å². The first-order chi connectivity index (χ1) is 14.2. The molecule has 0 amide bonds. The van der Waals surface area contributed by atoms with Gasteiger partial charge >= 0.3 is 0 Å². The van der Waals surface area contributed by atoms with E-state index in [1.54, 1.807) is 0 Å². The minimum absolute atomic E-state index is 0.0703. The molecule has 0 aliphatic heterocycles. The van der Waals surface area contributed by atoms with Gasteiger partial charge in [0.05, 0.1) is 6.10 Å². The fraction of sp³-hybridized carbons (Fsp3) is 0.963. The predicted octanol–water partition coefficient (Wildman–Crippen LogP) is 5.62. The lowest BCUT2D eigenvalue weighted by Gasteiger charge is -2.60. The molecule has 2 N–H and O–H groups in total. The van der Waals surface area contributed by atoms with Crippen LogP contribution in [0.2, 0.25) is 0 Å². The van der Waals surface area contributed by atoms with Gasteiger partial charge in [-0.25, -0.2) is 0 Å². The van der Waals surface area contributed by atoms with Gasteiger partial charge in [0.1, 0.15) is 5.78 Å². The third-order valence-electron chi connectivity index (χ3n) is 10.9. The second kappa shape index (κ2) is 8.50. The van der Waals surface area contributed by atoms with Crippen LogP contribution in [-0.2, 0) is 4.79 Å². The van der Waals surface area contributed by atoms with Gasteiger partial charge in [0.2, 0.25) is 0 Å². The smallest absolute Gasteiger partial charge is 0.136 e. The fourth-order valence-corrected chi connectivity index (χ4v) is 9.16. The van der Waals surface area contributed by atoms with Gasteiger partial charge in [-0.1, -0.05) is 40.5 Å². The number of fused-ring (bicyclic) bond motifs is 5. The molecule has 0 heterocycles. The van der Waals surface area contributed by atoms with Crippen LogP contribution in [0.3, 0.4) is 0 Å². The van der Waals surface area contributed by atoms with E-state index in [9.17, 15) is 15.0 Å². The lowest BCUT2D eigenvalue weighted by molar-refractivity contribution is -0.134. The molecule has 4 rings (SSSR count). The highest BCUT2D eigenvalue weighted by atomic mass is 16.3. The summed E-state index contributed by atoms with van der Waals surface area (Å²) >= 11 is 0. The summed E-state index contributed by atoms with van der Waals surface area (Å²) in [5.74, 6) is 3.61. The van der Waals surface area contributed by atoms with Crippen molar-refractivity contribution in [2.75, 3.05) is 6.61 Å². The van der Waals surface area contributed by atoms with Crippen LogP contribution in [0.4, 0.5) is 0 Å². The van der Waals surface area contributed by atoms with Crippen molar-refractivity contribution in [1.29, 1.82) is 0 Å². The summed E-state index contributed by atoms with van der Waals surface area (Å²) in [5, 5.41) is 20.5. The minimum atomic E-state index is -0.329. The van der Waals surface area contributed by atoms with E-state index in [0.29, 0.717) is 23.5 Å². The highest BCUT2D eigenvalue weighted by molar-refractivity contribution is 5.81. The number of carbonyl (C=O) groups is 1. The molecular weight excluding hydrogens is 372 g/mol. The SMILES string of the molecule is CC(CO)CCC(=O)[C@@H](C)[C@H]1[C@@H](O)C[C@H]2[C@@H]3CCC4CCCC[C@]4(C)[C@H]3CC[C@]12C. The number of aliphatic hydroxyl groups is 2. The third kappa shape index (κ3) is 3.60. The number of ketones is 1. The number of hydrogen-bond acceptors (Lipinski definition) is 3. The first kappa shape index (κ1) is 22.8. The molecule has 0 radical (unpaired) electrons. The third-order valence-corrected chi connectivity index (χ3v) is 10.9. The Kier molecular flexibility index (Phi) is 6.45. The van der Waals surface area contributed by atoms with Gasteiger partial charge in [-0.15, -0.1) is 0 Å². The van der Waals surface area contributed by atoms with Crippen LogP contribution < -0.4 is 0 Å². The van der Waals surface area contributed by atoms with E-state index in [0.717, 1.165) is 30.6 Å². The Balaban J connectivity index is 1.51. The molecule has 3 nitrogen and oxygen atoms in total. The van der Waals surface area contributed by atoms with E-state index < -0.39 is 0 Å². The molecular formula is C27H46O3. The molecule has 4 saturated carbocycles. The molecule has 10 atom stereocenters. The molecule has 2 unspecified atom stereocenters. The van der Waals surface area contributed by atoms with E-state index in [1.165, 1.54) is 51.4 Å². The normalized spacial score (nSPS) is 47.7. The Morgan fingerprint density at radius 3 is 2.50 bits per heavy atom. The first-order valence-electron chi connectivity index (χ1n) is 13.0.